The van der Waals surface area contributed by atoms with E-state index in [9.17, 15) is 21.6 Å². The fourth-order valence-corrected chi connectivity index (χ4v) is 5.10. The first-order chi connectivity index (χ1) is 9.66. The highest BCUT2D eigenvalue weighted by molar-refractivity contribution is 7.88. The van der Waals surface area contributed by atoms with E-state index in [2.05, 4.69) is 3.87 Å². The molecule has 0 atom stereocenters. The van der Waals surface area contributed by atoms with Gasteiger partial charge in [0.2, 0.25) is 0 Å². The Labute approximate surface area is 129 Å². The number of para-hydroxylation sites is 1. The highest BCUT2D eigenvalue weighted by Crippen LogP contribution is 2.34. The van der Waals surface area contributed by atoms with E-state index in [4.69, 9.17) is 4.43 Å². The van der Waals surface area contributed by atoms with Gasteiger partial charge in [-0.1, -0.05) is 39.0 Å². The SMILES string of the molecule is CC(C)(C)c1ccccc1O[Si](C)(C)OS(=O)(=O)C(F)(F)F. The third-order valence-corrected chi connectivity index (χ3v) is 6.41. The Hall–Kier alpha value is -1.06. The van der Waals surface area contributed by atoms with E-state index in [1.807, 2.05) is 20.8 Å². The smallest absolute Gasteiger partial charge is 0.520 e. The predicted molar refractivity (Wildman–Crippen MR) is 79.3 cm³/mol. The van der Waals surface area contributed by atoms with E-state index in [1.54, 1.807) is 24.3 Å². The van der Waals surface area contributed by atoms with Gasteiger partial charge in [-0.15, -0.1) is 0 Å². The van der Waals surface area contributed by atoms with Crippen molar-refractivity contribution >= 4 is 18.7 Å². The molecule has 0 saturated carbocycles. The molecule has 0 spiro atoms. The van der Waals surface area contributed by atoms with Gasteiger partial charge in [0.05, 0.1) is 0 Å². The second-order valence-electron chi connectivity index (χ2n) is 6.23. The number of benzene rings is 1. The van der Waals surface area contributed by atoms with Gasteiger partial charge in [0.1, 0.15) is 5.75 Å². The summed E-state index contributed by atoms with van der Waals surface area (Å²) in [6.07, 6.45) is 0. The molecule has 0 radical (unpaired) electrons. The Bertz CT molecular complexity index is 633. The van der Waals surface area contributed by atoms with Crippen LogP contribution in [0.2, 0.25) is 13.1 Å². The van der Waals surface area contributed by atoms with Crippen LogP contribution in [-0.2, 0) is 19.4 Å². The van der Waals surface area contributed by atoms with E-state index in [-0.39, 0.29) is 5.41 Å². The number of halogens is 3. The van der Waals surface area contributed by atoms with Crippen molar-refractivity contribution in [1.82, 2.24) is 0 Å². The Morgan fingerprint density at radius 2 is 1.55 bits per heavy atom. The van der Waals surface area contributed by atoms with Crippen LogP contribution in [0.25, 0.3) is 0 Å². The van der Waals surface area contributed by atoms with Gasteiger partial charge in [-0.25, -0.2) is 0 Å². The largest absolute Gasteiger partial charge is 0.522 e. The molecule has 0 aliphatic rings. The van der Waals surface area contributed by atoms with Crippen molar-refractivity contribution in [2.75, 3.05) is 0 Å². The highest BCUT2D eigenvalue weighted by Gasteiger charge is 2.51. The summed E-state index contributed by atoms with van der Waals surface area (Å²) in [5.41, 5.74) is -5.03. The zero-order valence-corrected chi connectivity index (χ0v) is 14.8. The lowest BCUT2D eigenvalue weighted by Gasteiger charge is -2.28. The average molecular weight is 356 g/mol. The molecule has 0 fully saturated rings. The van der Waals surface area contributed by atoms with Crippen LogP contribution in [0.1, 0.15) is 26.3 Å². The lowest BCUT2D eigenvalue weighted by Crippen LogP contribution is -2.44. The van der Waals surface area contributed by atoms with Crippen LogP contribution in [-0.4, -0.2) is 22.5 Å². The van der Waals surface area contributed by atoms with Crippen molar-refractivity contribution in [3.8, 4) is 5.75 Å². The number of rotatable bonds is 4. The van der Waals surface area contributed by atoms with E-state index in [1.165, 1.54) is 13.1 Å². The summed E-state index contributed by atoms with van der Waals surface area (Å²) in [5.74, 6) is 0.323. The van der Waals surface area contributed by atoms with Gasteiger partial charge in [-0.3, -0.25) is 3.87 Å². The zero-order valence-electron chi connectivity index (χ0n) is 13.0. The Kier molecular flexibility index (Phi) is 5.05. The fourth-order valence-electron chi connectivity index (χ4n) is 1.77. The fraction of sp³-hybridized carbons (Fsp3) is 0.538. The predicted octanol–water partition coefficient (Wildman–Crippen LogP) is 3.93. The molecule has 0 aliphatic heterocycles. The lowest BCUT2D eigenvalue weighted by molar-refractivity contribution is -0.0508. The van der Waals surface area contributed by atoms with Crippen LogP contribution >= 0.6 is 0 Å². The molecule has 0 N–H and O–H groups in total. The van der Waals surface area contributed by atoms with Gasteiger partial charge in [0.25, 0.3) is 0 Å². The maximum atomic E-state index is 12.4. The molecule has 126 valence electrons. The van der Waals surface area contributed by atoms with Crippen molar-refractivity contribution < 1.29 is 29.9 Å². The van der Waals surface area contributed by atoms with Crippen LogP contribution in [0.4, 0.5) is 13.2 Å². The van der Waals surface area contributed by atoms with Crippen molar-refractivity contribution in [2.24, 2.45) is 0 Å². The van der Waals surface area contributed by atoms with Gasteiger partial charge in [0.15, 0.2) is 0 Å². The zero-order chi connectivity index (χ0) is 17.4. The Morgan fingerprint density at radius 1 is 1.05 bits per heavy atom. The molecule has 0 aromatic heterocycles. The van der Waals surface area contributed by atoms with Crippen molar-refractivity contribution in [2.45, 2.75) is 44.8 Å². The third kappa shape index (κ3) is 4.72. The van der Waals surface area contributed by atoms with Crippen molar-refractivity contribution in [3.63, 3.8) is 0 Å². The standard InChI is InChI=1S/C13H19F3O4SSi/c1-12(2,3)10-8-6-7-9-11(10)19-22(4,5)20-21(17,18)13(14,15)16/h6-9H,1-5H3. The molecule has 1 aromatic carbocycles. The number of hydrogen-bond donors (Lipinski definition) is 0. The summed E-state index contributed by atoms with van der Waals surface area (Å²) in [4.78, 5) is 0. The van der Waals surface area contributed by atoms with Gasteiger partial charge in [0, 0.05) is 0 Å². The summed E-state index contributed by atoms with van der Waals surface area (Å²) >= 11 is 0. The maximum Gasteiger partial charge on any atom is 0.522 e. The van der Waals surface area contributed by atoms with E-state index >= 15 is 0 Å². The van der Waals surface area contributed by atoms with Gasteiger partial charge >= 0.3 is 24.2 Å². The second-order valence-corrected chi connectivity index (χ2v) is 11.3. The number of alkyl halides is 3. The summed E-state index contributed by atoms with van der Waals surface area (Å²) < 4.78 is 69.4. The third-order valence-electron chi connectivity index (χ3n) is 2.64. The van der Waals surface area contributed by atoms with E-state index in [0.717, 1.165) is 5.56 Å². The molecule has 1 aromatic rings. The summed E-state index contributed by atoms with van der Waals surface area (Å²) in [7, 11) is -9.29. The first-order valence-corrected chi connectivity index (χ1v) is 10.7. The van der Waals surface area contributed by atoms with Crippen LogP contribution in [0.3, 0.4) is 0 Å². The molecule has 0 saturated heterocycles. The molecular formula is C13H19F3O4SSi. The van der Waals surface area contributed by atoms with E-state index < -0.39 is 24.2 Å². The summed E-state index contributed by atoms with van der Waals surface area (Å²) in [6.45, 7) is 8.23. The Morgan fingerprint density at radius 3 is 2.00 bits per heavy atom. The number of hydrogen-bond acceptors (Lipinski definition) is 4. The first-order valence-electron chi connectivity index (χ1n) is 6.46. The molecule has 1 rings (SSSR count). The normalized spacial score (nSPS) is 14.0. The van der Waals surface area contributed by atoms with Gasteiger partial charge in [-0.2, -0.15) is 21.6 Å². The highest BCUT2D eigenvalue weighted by atomic mass is 32.2. The van der Waals surface area contributed by atoms with Crippen LogP contribution in [0.15, 0.2) is 24.3 Å². The molecule has 0 aliphatic carbocycles. The van der Waals surface area contributed by atoms with Gasteiger partial charge < -0.3 is 4.43 Å². The average Bonchev–Trinajstić information content (AvgIpc) is 2.24. The molecular weight excluding hydrogens is 337 g/mol. The monoisotopic (exact) mass is 356 g/mol. The maximum absolute atomic E-state index is 12.4. The minimum absolute atomic E-state index is 0.316. The van der Waals surface area contributed by atoms with E-state index in [0.29, 0.717) is 5.75 Å². The summed E-state index contributed by atoms with van der Waals surface area (Å²) in [6, 6.07) is 6.79. The molecule has 22 heavy (non-hydrogen) atoms. The Balaban J connectivity index is 3.10. The quantitative estimate of drug-likeness (QED) is 0.606. The van der Waals surface area contributed by atoms with Crippen LogP contribution < -0.4 is 4.43 Å². The van der Waals surface area contributed by atoms with Crippen molar-refractivity contribution in [1.29, 1.82) is 0 Å². The first kappa shape index (κ1) is 19.0. The topological polar surface area (TPSA) is 52.6 Å². The molecule has 9 heteroatoms. The minimum atomic E-state index is -5.69. The van der Waals surface area contributed by atoms with Crippen LogP contribution in [0, 0.1) is 0 Å². The molecule has 4 nitrogen and oxygen atoms in total. The lowest BCUT2D eigenvalue weighted by atomic mass is 9.86. The van der Waals surface area contributed by atoms with Gasteiger partial charge in [-0.05, 0) is 30.1 Å². The second kappa shape index (κ2) is 5.86. The molecule has 0 unspecified atom stereocenters. The molecule has 0 heterocycles. The van der Waals surface area contributed by atoms with Crippen molar-refractivity contribution in [3.05, 3.63) is 29.8 Å². The van der Waals surface area contributed by atoms with Crippen LogP contribution in [0.5, 0.6) is 5.75 Å². The summed E-state index contributed by atoms with van der Waals surface area (Å²) in [5, 5.41) is 0. The molecule has 0 amide bonds. The molecule has 0 bridgehead atoms. The minimum Gasteiger partial charge on any atom is -0.520 e.